The van der Waals surface area contributed by atoms with Crippen molar-refractivity contribution in [1.82, 2.24) is 0 Å². The van der Waals surface area contributed by atoms with E-state index in [1.807, 2.05) is 97.9 Å². The third-order valence-corrected chi connectivity index (χ3v) is 8.14. The highest BCUT2D eigenvalue weighted by molar-refractivity contribution is 8.29. The Labute approximate surface area is 201 Å². The molecule has 0 unspecified atom stereocenters. The summed E-state index contributed by atoms with van der Waals surface area (Å²) in [5.74, 6) is -0.254. The standard InChI is InChI=1S/C26H21N3O2S2/c1-18-13-15-22(16-14-18)29-26(33-24(27-29)19(2)30)28(21-11-7-4-8-12-21)25(31)23(32-26)17-20-9-5-3-6-10-20/h3-17H,1-2H3/b23-17+/t26-/m0/s1. The zero-order valence-corrected chi connectivity index (χ0v) is 19.8. The first-order chi connectivity index (χ1) is 16.0. The summed E-state index contributed by atoms with van der Waals surface area (Å²) in [5.41, 5.74) is 3.62. The smallest absolute Gasteiger partial charge is 0.268 e. The maximum atomic E-state index is 13.8. The number of hydrogen-bond donors (Lipinski definition) is 0. The van der Waals surface area contributed by atoms with Gasteiger partial charge >= 0.3 is 0 Å². The summed E-state index contributed by atoms with van der Waals surface area (Å²) in [6.45, 7) is 3.53. The highest BCUT2D eigenvalue weighted by atomic mass is 32.2. The second-order valence-corrected chi connectivity index (χ2v) is 10.4. The molecule has 1 atom stereocenters. The summed E-state index contributed by atoms with van der Waals surface area (Å²) < 4.78 is -0.991. The lowest BCUT2D eigenvalue weighted by atomic mass is 10.2. The summed E-state index contributed by atoms with van der Waals surface area (Å²) in [6, 6.07) is 27.3. The van der Waals surface area contributed by atoms with Gasteiger partial charge in [-0.05, 0) is 54.6 Å². The van der Waals surface area contributed by atoms with Crippen molar-refractivity contribution in [2.75, 3.05) is 9.91 Å². The molecule has 0 aromatic heterocycles. The second kappa shape index (κ2) is 8.57. The molecule has 164 valence electrons. The molecular formula is C26H21N3O2S2. The molecule has 33 heavy (non-hydrogen) atoms. The van der Waals surface area contributed by atoms with Crippen LogP contribution in [0, 0.1) is 6.92 Å². The van der Waals surface area contributed by atoms with E-state index in [0.29, 0.717) is 9.95 Å². The Morgan fingerprint density at radius 1 is 0.879 bits per heavy atom. The van der Waals surface area contributed by atoms with E-state index in [1.165, 1.54) is 30.4 Å². The molecular weight excluding hydrogens is 450 g/mol. The van der Waals surface area contributed by atoms with Crippen LogP contribution in [-0.4, -0.2) is 21.1 Å². The van der Waals surface area contributed by atoms with E-state index in [2.05, 4.69) is 0 Å². The summed E-state index contributed by atoms with van der Waals surface area (Å²) in [5, 5.41) is 6.87. The lowest BCUT2D eigenvalue weighted by Gasteiger charge is -2.38. The molecule has 2 heterocycles. The van der Waals surface area contributed by atoms with Gasteiger partial charge in [-0.25, -0.2) is 5.01 Å². The number of Topliss-reactive ketones (excluding diaryl/α,β-unsaturated/α-hetero) is 1. The fourth-order valence-corrected chi connectivity index (χ4v) is 6.59. The molecule has 5 nitrogen and oxygen atoms in total. The number of hydrazone groups is 1. The minimum Gasteiger partial charge on any atom is -0.292 e. The molecule has 1 spiro atoms. The van der Waals surface area contributed by atoms with E-state index in [4.69, 9.17) is 5.10 Å². The molecule has 5 rings (SSSR count). The van der Waals surface area contributed by atoms with E-state index in [9.17, 15) is 9.59 Å². The van der Waals surface area contributed by atoms with Crippen LogP contribution in [0.5, 0.6) is 0 Å². The summed E-state index contributed by atoms with van der Waals surface area (Å²) in [6.07, 6.45) is 1.90. The molecule has 3 aromatic rings. The third-order valence-electron chi connectivity index (χ3n) is 5.32. The summed E-state index contributed by atoms with van der Waals surface area (Å²) >= 11 is 2.72. The van der Waals surface area contributed by atoms with Gasteiger partial charge in [-0.2, -0.15) is 5.10 Å². The van der Waals surface area contributed by atoms with Crippen molar-refractivity contribution in [3.63, 3.8) is 0 Å². The molecule has 1 amide bonds. The highest BCUT2D eigenvalue weighted by Gasteiger charge is 2.59. The van der Waals surface area contributed by atoms with Gasteiger partial charge < -0.3 is 0 Å². The number of ketones is 1. The molecule has 0 radical (unpaired) electrons. The van der Waals surface area contributed by atoms with Crippen LogP contribution in [0.2, 0.25) is 0 Å². The van der Waals surface area contributed by atoms with Gasteiger partial charge in [0.25, 0.3) is 5.91 Å². The predicted molar refractivity (Wildman–Crippen MR) is 138 cm³/mol. The van der Waals surface area contributed by atoms with Crippen molar-refractivity contribution >= 4 is 57.7 Å². The Morgan fingerprint density at radius 2 is 1.52 bits per heavy atom. The van der Waals surface area contributed by atoms with Gasteiger partial charge in [-0.15, -0.1) is 0 Å². The quantitative estimate of drug-likeness (QED) is 0.445. The average Bonchev–Trinajstić information content (AvgIpc) is 3.33. The van der Waals surface area contributed by atoms with Crippen molar-refractivity contribution in [3.8, 4) is 0 Å². The Morgan fingerprint density at radius 3 is 2.15 bits per heavy atom. The number of rotatable bonds is 4. The Kier molecular flexibility index (Phi) is 5.60. The van der Waals surface area contributed by atoms with Crippen molar-refractivity contribution in [2.24, 2.45) is 5.10 Å². The second-order valence-electron chi connectivity index (χ2n) is 7.76. The van der Waals surface area contributed by atoms with E-state index in [1.54, 1.807) is 9.91 Å². The number of thioether (sulfide) groups is 2. The molecule has 0 N–H and O–H groups in total. The van der Waals surface area contributed by atoms with E-state index in [0.717, 1.165) is 22.5 Å². The number of para-hydroxylation sites is 1. The first-order valence-electron chi connectivity index (χ1n) is 10.5. The fraction of sp³-hybridized carbons (Fsp3) is 0.115. The van der Waals surface area contributed by atoms with Crippen LogP contribution in [0.1, 0.15) is 18.1 Å². The zero-order valence-electron chi connectivity index (χ0n) is 18.1. The molecule has 2 aliphatic heterocycles. The number of anilines is 2. The van der Waals surface area contributed by atoms with Crippen molar-refractivity contribution < 1.29 is 9.59 Å². The van der Waals surface area contributed by atoms with Gasteiger partial charge in [-0.1, -0.05) is 78.0 Å². The van der Waals surface area contributed by atoms with Gasteiger partial charge in [0.2, 0.25) is 4.33 Å². The predicted octanol–water partition coefficient (Wildman–Crippen LogP) is 5.88. The average molecular weight is 472 g/mol. The Balaban J connectivity index is 1.69. The van der Waals surface area contributed by atoms with Crippen LogP contribution in [0.25, 0.3) is 6.08 Å². The molecule has 0 saturated carbocycles. The number of carbonyl (C=O) groups excluding carboxylic acids is 2. The van der Waals surface area contributed by atoms with Gasteiger partial charge in [0.05, 0.1) is 10.6 Å². The van der Waals surface area contributed by atoms with Crippen LogP contribution in [0.3, 0.4) is 0 Å². The van der Waals surface area contributed by atoms with Crippen LogP contribution >= 0.6 is 23.5 Å². The Hall–Kier alpha value is -3.29. The van der Waals surface area contributed by atoms with E-state index >= 15 is 0 Å². The first-order valence-corrected chi connectivity index (χ1v) is 12.1. The van der Waals surface area contributed by atoms with Gasteiger partial charge in [0.1, 0.15) is 0 Å². The molecule has 7 heteroatoms. The third kappa shape index (κ3) is 3.87. The van der Waals surface area contributed by atoms with E-state index in [-0.39, 0.29) is 11.7 Å². The number of benzene rings is 3. The fourth-order valence-electron chi connectivity index (χ4n) is 3.72. The topological polar surface area (TPSA) is 53.0 Å². The lowest BCUT2D eigenvalue weighted by molar-refractivity contribution is -0.114. The molecule has 3 aromatic carbocycles. The lowest BCUT2D eigenvalue weighted by Crippen LogP contribution is -2.51. The monoisotopic (exact) mass is 471 g/mol. The van der Waals surface area contributed by atoms with Crippen molar-refractivity contribution in [1.29, 1.82) is 0 Å². The van der Waals surface area contributed by atoms with Gasteiger partial charge in [0.15, 0.2) is 10.8 Å². The minimum absolute atomic E-state index is 0.125. The van der Waals surface area contributed by atoms with Crippen molar-refractivity contribution in [3.05, 3.63) is 101 Å². The van der Waals surface area contributed by atoms with Crippen LogP contribution in [0.15, 0.2) is 94.9 Å². The molecule has 1 fully saturated rings. The maximum Gasteiger partial charge on any atom is 0.268 e. The van der Waals surface area contributed by atoms with Crippen LogP contribution in [0.4, 0.5) is 11.4 Å². The molecule has 1 saturated heterocycles. The number of nitrogens with zero attached hydrogens (tertiary/aromatic N) is 3. The Bertz CT molecular complexity index is 1270. The zero-order chi connectivity index (χ0) is 23.0. The van der Waals surface area contributed by atoms with Gasteiger partial charge in [0, 0.05) is 12.6 Å². The maximum absolute atomic E-state index is 13.8. The molecule has 0 aliphatic carbocycles. The molecule has 0 bridgehead atoms. The number of hydrogen-bond acceptors (Lipinski definition) is 6. The highest BCUT2D eigenvalue weighted by Crippen LogP contribution is 2.59. The van der Waals surface area contributed by atoms with Crippen LogP contribution < -0.4 is 9.91 Å². The number of carbonyl (C=O) groups is 2. The first kappa shape index (κ1) is 21.6. The SMILES string of the molecule is CC(=O)C1=NN(c2ccc(C)cc2)[C@]2(S1)S/C(=C/c1ccccc1)C(=O)N2c1ccccc1. The van der Waals surface area contributed by atoms with E-state index < -0.39 is 4.33 Å². The molecule has 2 aliphatic rings. The minimum atomic E-state index is -0.991. The number of amides is 1. The van der Waals surface area contributed by atoms with Crippen molar-refractivity contribution in [2.45, 2.75) is 18.2 Å². The largest absolute Gasteiger partial charge is 0.292 e. The normalized spacial score (nSPS) is 21.2. The number of aryl methyl sites for hydroxylation is 1. The summed E-state index contributed by atoms with van der Waals surface area (Å²) in [7, 11) is 0. The summed E-state index contributed by atoms with van der Waals surface area (Å²) in [4.78, 5) is 28.6. The van der Waals surface area contributed by atoms with Gasteiger partial charge in [-0.3, -0.25) is 14.5 Å². The van der Waals surface area contributed by atoms with Crippen LogP contribution in [-0.2, 0) is 9.59 Å².